The van der Waals surface area contributed by atoms with Gasteiger partial charge in [-0.25, -0.2) is 37.1 Å². The number of carboxylic acids is 1. The lowest BCUT2D eigenvalue weighted by atomic mass is 9.98. The summed E-state index contributed by atoms with van der Waals surface area (Å²) in [7, 11) is 0. The van der Waals surface area contributed by atoms with E-state index in [1.807, 2.05) is 122 Å². The number of halogens is 5. The Morgan fingerprint density at radius 2 is 0.868 bits per heavy atom. The molecule has 476 valence electrons. The second-order valence-corrected chi connectivity index (χ2v) is 22.2. The van der Waals surface area contributed by atoms with Crippen LogP contribution in [0.2, 0.25) is 0 Å². The lowest BCUT2D eigenvalue weighted by Crippen LogP contribution is -2.36. The number of nitrogen functional groups attached to an aromatic ring is 1. The summed E-state index contributed by atoms with van der Waals surface area (Å²) in [5.74, 6) is 1.25. The first kappa shape index (κ1) is 69.3. The van der Waals surface area contributed by atoms with E-state index in [1.54, 1.807) is 61.2 Å². The number of carbonyl (C=O) groups is 2. The smallest absolute Gasteiger partial charge is 0.332 e. The van der Waals surface area contributed by atoms with Crippen LogP contribution in [-0.4, -0.2) is 95.2 Å². The third-order valence-corrected chi connectivity index (χ3v) is 14.1. The van der Waals surface area contributed by atoms with Crippen LogP contribution >= 0.6 is 24.0 Å². The van der Waals surface area contributed by atoms with Crippen molar-refractivity contribution in [1.29, 1.82) is 0 Å². The molecular formula is C70H75F4IN10O6. The number of hydrogen-bond donors (Lipinski definition) is 3. The number of aliphatic carboxylic acids is 1. The van der Waals surface area contributed by atoms with Crippen molar-refractivity contribution < 1.29 is 46.5 Å². The maximum atomic E-state index is 13.6. The van der Waals surface area contributed by atoms with Crippen molar-refractivity contribution in [2.75, 3.05) is 83.3 Å². The lowest BCUT2D eigenvalue weighted by molar-refractivity contribution is -0.160. The van der Waals surface area contributed by atoms with Gasteiger partial charge >= 0.3 is 11.9 Å². The van der Waals surface area contributed by atoms with Crippen LogP contribution in [0.15, 0.2) is 213 Å². The van der Waals surface area contributed by atoms with E-state index in [-0.39, 0.29) is 66.4 Å². The Morgan fingerprint density at radius 3 is 1.25 bits per heavy atom. The van der Waals surface area contributed by atoms with Gasteiger partial charge in [-0.3, -0.25) is 19.8 Å². The van der Waals surface area contributed by atoms with Crippen LogP contribution in [-0.2, 0) is 23.8 Å². The molecule has 0 amide bonds. The predicted octanol–water partition coefficient (Wildman–Crippen LogP) is 15.7. The van der Waals surface area contributed by atoms with Crippen LogP contribution < -0.4 is 30.7 Å². The molecule has 7 aromatic carbocycles. The summed E-state index contributed by atoms with van der Waals surface area (Å²) in [5, 5.41) is 11.9. The fraction of sp³-hybridized carbons (Fsp3) is 0.257. The number of hydrogen-bond acceptors (Lipinski definition) is 15. The minimum atomic E-state index is -0.946. The number of benzene rings is 7. The Kier molecular flexibility index (Phi) is 26.9. The van der Waals surface area contributed by atoms with E-state index >= 15 is 0 Å². The molecule has 0 atom stereocenters. The Balaban J connectivity index is 0.000000193. The first-order valence-corrected chi connectivity index (χ1v) is 29.5. The van der Waals surface area contributed by atoms with Gasteiger partial charge in [-0.1, -0.05) is 54.6 Å². The second kappa shape index (κ2) is 35.3. The molecule has 16 nitrogen and oxygen atoms in total. The molecule has 2 aliphatic rings. The minimum Gasteiger partial charge on any atom is -0.480 e. The summed E-state index contributed by atoms with van der Waals surface area (Å²) in [6, 6.07) is 54.1. The molecular weight excluding hydrogens is 1280 g/mol. The molecule has 11 rings (SSSR count). The molecule has 0 spiro atoms. The molecule has 2 saturated heterocycles. The molecule has 2 aromatic heterocycles. The van der Waals surface area contributed by atoms with Crippen LogP contribution in [0.25, 0.3) is 0 Å². The average molecular weight is 1360 g/mol. The topological polar surface area (TPSA) is 185 Å². The highest BCUT2D eigenvalue weighted by molar-refractivity contribution is 14.0. The number of esters is 1. The van der Waals surface area contributed by atoms with Crippen molar-refractivity contribution in [2.24, 2.45) is 11.8 Å². The number of carbonyl (C=O) groups excluding carboxylic acids is 1. The van der Waals surface area contributed by atoms with Gasteiger partial charge in [0, 0.05) is 66.0 Å². The molecule has 4 heterocycles. The van der Waals surface area contributed by atoms with E-state index in [0.717, 1.165) is 97.6 Å². The van der Waals surface area contributed by atoms with Crippen LogP contribution in [0.4, 0.5) is 80.6 Å². The Morgan fingerprint density at radius 1 is 0.516 bits per heavy atom. The summed E-state index contributed by atoms with van der Waals surface area (Å²) in [6.07, 6.45) is 10.6. The number of nitrogens with two attached hydrogens (primary N) is 1. The normalized spacial score (nSPS) is 13.1. The highest BCUT2D eigenvalue weighted by Crippen LogP contribution is 2.36. The first-order valence-electron chi connectivity index (χ1n) is 29.5. The SMILES string of the molecule is CC(C)(C)OC(=O)COCC1CCN(c2cncc(N(c3ccccc3)c3ccc(F)cc3)n2)CC1.Fc1ccc(Nc2ccccc2)cc1.I.Nc1ccc(F)cc1.O=C(O)COCC1CCN(c2cncc(N(c3ccccc3)c3ccc(F)cc3)n2)CC1. The number of piperidine rings is 2. The van der Waals surface area contributed by atoms with Crippen molar-refractivity contribution in [2.45, 2.75) is 52.1 Å². The van der Waals surface area contributed by atoms with Crippen molar-refractivity contribution in [3.63, 3.8) is 0 Å². The van der Waals surface area contributed by atoms with Crippen LogP contribution in [0.3, 0.4) is 0 Å². The third kappa shape index (κ3) is 23.0. The fourth-order valence-electron chi connectivity index (χ4n) is 9.71. The number of aromatic nitrogens is 4. The number of rotatable bonds is 18. The lowest BCUT2D eigenvalue weighted by Gasteiger charge is -2.33. The molecule has 0 aliphatic carbocycles. The Labute approximate surface area is 545 Å². The number of para-hydroxylation sites is 3. The van der Waals surface area contributed by atoms with Crippen LogP contribution in [0, 0.1) is 35.1 Å². The van der Waals surface area contributed by atoms with Gasteiger partial charge < -0.3 is 40.2 Å². The molecule has 2 fully saturated rings. The zero-order valence-corrected chi connectivity index (χ0v) is 53.2. The molecule has 0 bridgehead atoms. The molecule has 2 aliphatic heterocycles. The van der Waals surface area contributed by atoms with Gasteiger partial charge in [0.2, 0.25) is 0 Å². The van der Waals surface area contributed by atoms with Crippen LogP contribution in [0.5, 0.6) is 0 Å². The van der Waals surface area contributed by atoms with Crippen molar-refractivity contribution in [1.82, 2.24) is 19.9 Å². The summed E-state index contributed by atoms with van der Waals surface area (Å²) in [6.45, 7) is 9.47. The highest BCUT2D eigenvalue weighted by atomic mass is 127. The number of anilines is 11. The molecule has 91 heavy (non-hydrogen) atoms. The predicted molar refractivity (Wildman–Crippen MR) is 361 cm³/mol. The zero-order chi connectivity index (χ0) is 63.7. The quantitative estimate of drug-likeness (QED) is 0.0319. The Hall–Kier alpha value is -9.19. The van der Waals surface area contributed by atoms with Gasteiger partial charge in [-0.15, -0.1) is 24.0 Å². The van der Waals surface area contributed by atoms with E-state index < -0.39 is 11.6 Å². The fourth-order valence-corrected chi connectivity index (χ4v) is 9.71. The molecule has 0 saturated carbocycles. The summed E-state index contributed by atoms with van der Waals surface area (Å²) >= 11 is 0. The van der Waals surface area contributed by atoms with E-state index in [4.69, 9.17) is 35.0 Å². The van der Waals surface area contributed by atoms with Gasteiger partial charge in [0.25, 0.3) is 0 Å². The van der Waals surface area contributed by atoms with Crippen molar-refractivity contribution in [3.05, 3.63) is 236 Å². The molecule has 0 unspecified atom stereocenters. The molecule has 9 aromatic rings. The largest absolute Gasteiger partial charge is 0.480 e. The monoisotopic (exact) mass is 1350 g/mol. The maximum Gasteiger partial charge on any atom is 0.332 e. The maximum absolute atomic E-state index is 13.6. The van der Waals surface area contributed by atoms with E-state index in [2.05, 4.69) is 25.1 Å². The zero-order valence-electron chi connectivity index (χ0n) is 50.9. The van der Waals surface area contributed by atoms with Crippen LogP contribution in [0.1, 0.15) is 46.5 Å². The van der Waals surface area contributed by atoms with Crippen molar-refractivity contribution in [3.8, 4) is 0 Å². The van der Waals surface area contributed by atoms with Gasteiger partial charge in [-0.05, 0) is 192 Å². The van der Waals surface area contributed by atoms with Crippen molar-refractivity contribution >= 4 is 99.0 Å². The number of nitrogens with one attached hydrogen (secondary N) is 1. The van der Waals surface area contributed by atoms with E-state index in [0.29, 0.717) is 42.4 Å². The molecule has 0 radical (unpaired) electrons. The second-order valence-electron chi connectivity index (χ2n) is 22.2. The number of carboxylic acid groups (broad SMARTS) is 1. The van der Waals surface area contributed by atoms with E-state index in [9.17, 15) is 27.2 Å². The average Bonchev–Trinajstić information content (AvgIpc) is 1.33. The summed E-state index contributed by atoms with van der Waals surface area (Å²) in [4.78, 5) is 49.5. The minimum absolute atomic E-state index is 0. The van der Waals surface area contributed by atoms with Gasteiger partial charge in [0.1, 0.15) is 53.7 Å². The van der Waals surface area contributed by atoms with Gasteiger partial charge in [0.15, 0.2) is 11.6 Å². The molecule has 21 heteroatoms. The third-order valence-electron chi connectivity index (χ3n) is 14.1. The molecule has 4 N–H and O–H groups in total. The standard InChI is InChI=1S/C28H33FN4O3.C24H25FN4O3.C12H10FN.C6H6FN.HI/c1-28(2,3)36-27(34)20-35-19-21-13-15-32(16-14-21)25-17-30-18-26(31-25)33(23-7-5-4-6-8-23)24-11-9-22(29)10-12-24;25-19-6-8-21(9-7-19)29(20-4-2-1-3-5-20)23-15-26-14-22(27-23)28-12-10-18(11-13-28)16-32-17-24(30)31;13-10-6-8-12(9-7-10)14-11-4-2-1-3-5-11;7-5-1-3-6(8)4-2-5;/h4-12,17-18,21H,13-16,19-20H2,1-3H3;1-9,14-15,18H,10-13,16-17H2,(H,30,31);1-9,14H;1-4H,8H2;1H. The van der Waals surface area contributed by atoms with Gasteiger partial charge in [0.05, 0.1) is 38.0 Å². The number of ether oxygens (including phenoxy) is 3. The highest BCUT2D eigenvalue weighted by Gasteiger charge is 2.25. The van der Waals surface area contributed by atoms with E-state index in [1.165, 1.54) is 60.7 Å². The number of nitrogens with zero attached hydrogens (tertiary/aromatic N) is 8. The first-order chi connectivity index (χ1) is 43.5. The summed E-state index contributed by atoms with van der Waals surface area (Å²) < 4.78 is 67.9. The Bertz CT molecular complexity index is 3570. The summed E-state index contributed by atoms with van der Waals surface area (Å²) in [5.41, 5.74) is 10.6. The van der Waals surface area contributed by atoms with Gasteiger partial charge in [-0.2, -0.15) is 0 Å².